The molecule has 0 atom stereocenters. The van der Waals surface area contributed by atoms with E-state index >= 15 is 0 Å². The number of rotatable bonds is 5. The van der Waals surface area contributed by atoms with E-state index in [1.54, 1.807) is 4.68 Å². The summed E-state index contributed by atoms with van der Waals surface area (Å²) in [6, 6.07) is 7.57. The Bertz CT molecular complexity index is 574. The third kappa shape index (κ3) is 3.20. The Kier molecular flexibility index (Phi) is 4.45. The molecule has 2 aromatic rings. The number of aromatic nitrogens is 4. The van der Waals surface area contributed by atoms with E-state index in [0.29, 0.717) is 24.0 Å². The van der Waals surface area contributed by atoms with Crippen LogP contribution >= 0.6 is 0 Å². The van der Waals surface area contributed by atoms with Gasteiger partial charge in [-0.1, -0.05) is 38.0 Å². The number of hydrogen-bond donors (Lipinski definition) is 1. The zero-order valence-corrected chi connectivity index (χ0v) is 12.0. The second-order valence-electron chi connectivity index (χ2n) is 4.96. The van der Waals surface area contributed by atoms with Gasteiger partial charge in [0.1, 0.15) is 0 Å². The maximum Gasteiger partial charge on any atom is 0.258 e. The summed E-state index contributed by atoms with van der Waals surface area (Å²) in [5, 5.41) is 13.9. The van der Waals surface area contributed by atoms with Crippen molar-refractivity contribution in [2.24, 2.45) is 0 Å². The lowest BCUT2D eigenvalue weighted by Gasteiger charge is -2.07. The van der Waals surface area contributed by atoms with Gasteiger partial charge in [0.25, 0.3) is 5.91 Å². The maximum atomic E-state index is 12.1. The van der Waals surface area contributed by atoms with Gasteiger partial charge in [-0.15, -0.1) is 0 Å². The van der Waals surface area contributed by atoms with Gasteiger partial charge in [-0.25, -0.2) is 4.68 Å². The summed E-state index contributed by atoms with van der Waals surface area (Å²) in [5.74, 6) is 0.626. The average Bonchev–Trinajstić information content (AvgIpc) is 2.86. The number of nitrogens with one attached hydrogen (secondary N) is 1. The summed E-state index contributed by atoms with van der Waals surface area (Å²) in [4.78, 5) is 12.1. The molecule has 0 spiro atoms. The molecule has 2 rings (SSSR count). The van der Waals surface area contributed by atoms with Crippen LogP contribution < -0.4 is 5.32 Å². The summed E-state index contributed by atoms with van der Waals surface area (Å²) in [6.07, 6.45) is 0.900. The Hall–Kier alpha value is -2.24. The fourth-order valence-electron chi connectivity index (χ4n) is 1.85. The number of benzene rings is 1. The average molecular weight is 273 g/mol. The van der Waals surface area contributed by atoms with Crippen LogP contribution in [0.15, 0.2) is 24.3 Å². The van der Waals surface area contributed by atoms with Crippen molar-refractivity contribution < 1.29 is 4.79 Å². The molecule has 0 aliphatic carbocycles. The zero-order valence-electron chi connectivity index (χ0n) is 12.0. The Balaban J connectivity index is 2.09. The molecule has 1 heterocycles. The van der Waals surface area contributed by atoms with Crippen molar-refractivity contribution in [1.82, 2.24) is 20.2 Å². The molecule has 1 N–H and O–H groups in total. The zero-order chi connectivity index (χ0) is 14.5. The van der Waals surface area contributed by atoms with Gasteiger partial charge in [0.15, 0.2) is 0 Å². The minimum absolute atomic E-state index is 0.201. The molecule has 1 aromatic heterocycles. The number of hydrogen-bond acceptors (Lipinski definition) is 4. The predicted octanol–water partition coefficient (Wildman–Crippen LogP) is 2.46. The van der Waals surface area contributed by atoms with Crippen LogP contribution in [0.1, 0.15) is 49.0 Å². The van der Waals surface area contributed by atoms with Crippen LogP contribution in [-0.2, 0) is 6.54 Å². The first-order chi connectivity index (χ1) is 9.61. The molecule has 20 heavy (non-hydrogen) atoms. The van der Waals surface area contributed by atoms with Crippen LogP contribution in [0.25, 0.3) is 0 Å². The van der Waals surface area contributed by atoms with Gasteiger partial charge in [-0.3, -0.25) is 10.1 Å². The Morgan fingerprint density at radius 1 is 1.30 bits per heavy atom. The Labute approximate surface area is 118 Å². The van der Waals surface area contributed by atoms with Gasteiger partial charge in [0, 0.05) is 12.1 Å². The molecule has 106 valence electrons. The minimum Gasteiger partial charge on any atom is -0.289 e. The van der Waals surface area contributed by atoms with E-state index in [1.165, 1.54) is 5.56 Å². The summed E-state index contributed by atoms with van der Waals surface area (Å²) in [5.41, 5.74) is 1.80. The lowest BCUT2D eigenvalue weighted by atomic mass is 10.0. The van der Waals surface area contributed by atoms with E-state index in [2.05, 4.69) is 34.7 Å². The first-order valence-electron chi connectivity index (χ1n) is 6.79. The quantitative estimate of drug-likeness (QED) is 0.908. The second kappa shape index (κ2) is 6.27. The number of amides is 1. The van der Waals surface area contributed by atoms with Crippen molar-refractivity contribution in [3.63, 3.8) is 0 Å². The van der Waals surface area contributed by atoms with Gasteiger partial charge in [0.2, 0.25) is 5.95 Å². The largest absolute Gasteiger partial charge is 0.289 e. The third-order valence-electron chi connectivity index (χ3n) is 3.03. The van der Waals surface area contributed by atoms with Crippen LogP contribution in [0, 0.1) is 0 Å². The molecule has 0 aliphatic heterocycles. The van der Waals surface area contributed by atoms with E-state index in [4.69, 9.17) is 0 Å². The first-order valence-corrected chi connectivity index (χ1v) is 6.79. The molecule has 0 unspecified atom stereocenters. The minimum atomic E-state index is -0.201. The van der Waals surface area contributed by atoms with Gasteiger partial charge in [-0.05, 0) is 40.5 Å². The molecule has 0 fully saturated rings. The molecule has 6 nitrogen and oxygen atoms in total. The molecule has 6 heteroatoms. The number of nitrogens with zero attached hydrogens (tertiary/aromatic N) is 4. The molecule has 0 bridgehead atoms. The predicted molar refractivity (Wildman–Crippen MR) is 76.6 cm³/mol. The molecule has 1 amide bonds. The number of carbonyl (C=O) groups is 1. The lowest BCUT2D eigenvalue weighted by molar-refractivity contribution is 0.102. The summed E-state index contributed by atoms with van der Waals surface area (Å²) >= 11 is 0. The molecule has 0 saturated carbocycles. The highest BCUT2D eigenvalue weighted by Crippen LogP contribution is 2.15. The van der Waals surface area contributed by atoms with Crippen molar-refractivity contribution in [1.29, 1.82) is 0 Å². The van der Waals surface area contributed by atoms with E-state index in [1.807, 2.05) is 31.2 Å². The standard InChI is InChI=1S/C14H19N5O/c1-4-9-19-14(16-17-18-19)15-13(20)12-7-5-11(6-8-12)10(2)3/h5-8,10H,4,9H2,1-3H3,(H,15,16,18,20). The van der Waals surface area contributed by atoms with Crippen LogP contribution in [-0.4, -0.2) is 26.1 Å². The van der Waals surface area contributed by atoms with E-state index in [-0.39, 0.29) is 5.91 Å². The van der Waals surface area contributed by atoms with Crippen molar-refractivity contribution in [3.05, 3.63) is 35.4 Å². The monoisotopic (exact) mass is 273 g/mol. The highest BCUT2D eigenvalue weighted by Gasteiger charge is 2.11. The summed E-state index contributed by atoms with van der Waals surface area (Å²) < 4.78 is 1.58. The summed E-state index contributed by atoms with van der Waals surface area (Å²) in [6.45, 7) is 6.94. The molecule has 1 aromatic carbocycles. The van der Waals surface area contributed by atoms with E-state index in [0.717, 1.165) is 6.42 Å². The van der Waals surface area contributed by atoms with Gasteiger partial charge in [0.05, 0.1) is 0 Å². The van der Waals surface area contributed by atoms with Crippen LogP contribution in [0.2, 0.25) is 0 Å². The van der Waals surface area contributed by atoms with E-state index in [9.17, 15) is 4.79 Å². The highest BCUT2D eigenvalue weighted by molar-refractivity contribution is 6.03. The van der Waals surface area contributed by atoms with Gasteiger partial charge < -0.3 is 0 Å². The van der Waals surface area contributed by atoms with Crippen molar-refractivity contribution in [2.45, 2.75) is 39.7 Å². The van der Waals surface area contributed by atoms with Crippen molar-refractivity contribution in [3.8, 4) is 0 Å². The molecular weight excluding hydrogens is 254 g/mol. The van der Waals surface area contributed by atoms with Crippen molar-refractivity contribution >= 4 is 11.9 Å². The highest BCUT2D eigenvalue weighted by atomic mass is 16.1. The topological polar surface area (TPSA) is 72.7 Å². The number of tetrazole rings is 1. The molecular formula is C14H19N5O. The maximum absolute atomic E-state index is 12.1. The Morgan fingerprint density at radius 2 is 2.00 bits per heavy atom. The lowest BCUT2D eigenvalue weighted by Crippen LogP contribution is -2.16. The van der Waals surface area contributed by atoms with E-state index < -0.39 is 0 Å². The Morgan fingerprint density at radius 3 is 2.60 bits per heavy atom. The third-order valence-corrected chi connectivity index (χ3v) is 3.03. The number of anilines is 1. The van der Waals surface area contributed by atoms with Crippen LogP contribution in [0.3, 0.4) is 0 Å². The van der Waals surface area contributed by atoms with Gasteiger partial charge in [-0.2, -0.15) is 0 Å². The van der Waals surface area contributed by atoms with Crippen LogP contribution in [0.5, 0.6) is 0 Å². The van der Waals surface area contributed by atoms with Crippen molar-refractivity contribution in [2.75, 3.05) is 5.32 Å². The smallest absolute Gasteiger partial charge is 0.258 e. The van der Waals surface area contributed by atoms with Gasteiger partial charge >= 0.3 is 0 Å². The number of carbonyl (C=O) groups excluding carboxylic acids is 1. The summed E-state index contributed by atoms with van der Waals surface area (Å²) in [7, 11) is 0. The second-order valence-corrected chi connectivity index (χ2v) is 4.96. The molecule has 0 aliphatic rings. The van der Waals surface area contributed by atoms with Crippen LogP contribution in [0.4, 0.5) is 5.95 Å². The normalized spacial score (nSPS) is 10.8. The fourth-order valence-corrected chi connectivity index (χ4v) is 1.85. The number of aryl methyl sites for hydroxylation is 1. The molecule has 0 radical (unpaired) electrons. The SMILES string of the molecule is CCCn1nnnc1NC(=O)c1ccc(C(C)C)cc1. The fraction of sp³-hybridized carbons (Fsp3) is 0.429. The molecule has 0 saturated heterocycles. The first kappa shape index (κ1) is 14.2.